The van der Waals surface area contributed by atoms with Crippen molar-refractivity contribution in [1.29, 1.82) is 0 Å². The third-order valence-electron chi connectivity index (χ3n) is 6.59. The summed E-state index contributed by atoms with van der Waals surface area (Å²) in [7, 11) is 9.61. The monoisotopic (exact) mass is 627 g/mol. The lowest BCUT2D eigenvalue weighted by molar-refractivity contribution is -0.130. The van der Waals surface area contributed by atoms with Crippen LogP contribution in [0, 0.1) is 0 Å². The molecule has 0 aliphatic heterocycles. The van der Waals surface area contributed by atoms with E-state index in [9.17, 15) is 24.9 Å². The van der Waals surface area contributed by atoms with Crippen LogP contribution in [0.2, 0.25) is 0 Å². The standard InChI is InChI=1S/C19H21NO4.C17H16O5/c1-20(2)19(22)18(14-5-7-15(21)8-6-14)11-13-9-16(23-3)12-17(10-13)24-4;1-21-14-7-11(8-15(10-14)22-2)9-16(17(19)20)12-3-5-13(18)6-4-12/h5-12,21H,1-4H3;3-10,18H,1-2H3,(H,19,20)/b18-11+;16-9+. The molecule has 3 N–H and O–H groups in total. The number of carboxylic acids is 1. The number of carbonyl (C=O) groups is 2. The normalized spacial score (nSPS) is 11.1. The van der Waals surface area contributed by atoms with Crippen LogP contribution in [0.15, 0.2) is 84.9 Å². The van der Waals surface area contributed by atoms with Gasteiger partial charge in [0.05, 0.1) is 34.0 Å². The van der Waals surface area contributed by atoms with Crippen molar-refractivity contribution in [3.05, 3.63) is 107 Å². The summed E-state index contributed by atoms with van der Waals surface area (Å²) >= 11 is 0. The number of rotatable bonds is 10. The molecule has 0 aromatic heterocycles. The SMILES string of the molecule is COc1cc(/C=C(/C(=O)N(C)C)c2ccc(O)cc2)cc(OC)c1.COc1cc(/C=C(/C(=O)O)c2ccc(O)cc2)cc(OC)c1. The molecule has 4 rings (SSSR count). The van der Waals surface area contributed by atoms with Crippen LogP contribution in [0.5, 0.6) is 34.5 Å². The molecule has 0 unspecified atom stereocenters. The molecule has 0 aliphatic rings. The second kappa shape index (κ2) is 16.2. The van der Waals surface area contributed by atoms with Crippen molar-refractivity contribution >= 4 is 35.2 Å². The number of aliphatic carboxylic acids is 1. The summed E-state index contributed by atoms with van der Waals surface area (Å²) < 4.78 is 20.9. The molecular weight excluding hydrogens is 590 g/mol. The Kier molecular flexibility index (Phi) is 12.2. The molecular formula is C36H37NO9. The Morgan fingerprint density at radius 3 is 1.20 bits per heavy atom. The zero-order valence-electron chi connectivity index (χ0n) is 26.5. The molecule has 46 heavy (non-hydrogen) atoms. The summed E-state index contributed by atoms with van der Waals surface area (Å²) in [6, 6.07) is 23.1. The van der Waals surface area contributed by atoms with Gasteiger partial charge in [-0.3, -0.25) is 4.79 Å². The quantitative estimate of drug-likeness (QED) is 0.141. The summed E-state index contributed by atoms with van der Waals surface area (Å²) in [6.07, 6.45) is 3.31. The van der Waals surface area contributed by atoms with Crippen molar-refractivity contribution in [3.8, 4) is 34.5 Å². The number of carbonyl (C=O) groups excluding carboxylic acids is 1. The first-order valence-corrected chi connectivity index (χ1v) is 13.9. The Morgan fingerprint density at radius 2 is 0.891 bits per heavy atom. The van der Waals surface area contributed by atoms with Gasteiger partial charge in [-0.2, -0.15) is 0 Å². The predicted molar refractivity (Wildman–Crippen MR) is 177 cm³/mol. The van der Waals surface area contributed by atoms with E-state index in [2.05, 4.69) is 0 Å². The van der Waals surface area contributed by atoms with Crippen molar-refractivity contribution in [1.82, 2.24) is 4.90 Å². The fourth-order valence-electron chi connectivity index (χ4n) is 4.22. The Labute approximate surface area is 268 Å². The van der Waals surface area contributed by atoms with Gasteiger partial charge in [-0.15, -0.1) is 0 Å². The van der Waals surface area contributed by atoms with Crippen molar-refractivity contribution in [2.45, 2.75) is 0 Å². The van der Waals surface area contributed by atoms with E-state index in [0.29, 0.717) is 45.3 Å². The van der Waals surface area contributed by atoms with Crippen molar-refractivity contribution in [3.63, 3.8) is 0 Å². The van der Waals surface area contributed by atoms with Gasteiger partial charge in [0, 0.05) is 31.8 Å². The second-order valence-corrected chi connectivity index (χ2v) is 10.0. The number of carboxylic acid groups (broad SMARTS) is 1. The van der Waals surface area contributed by atoms with Gasteiger partial charge in [0.15, 0.2) is 0 Å². The molecule has 0 aliphatic carbocycles. The predicted octanol–water partition coefficient (Wildman–Crippen LogP) is 6.07. The fourth-order valence-corrected chi connectivity index (χ4v) is 4.22. The minimum atomic E-state index is -1.06. The van der Waals surface area contributed by atoms with Crippen LogP contribution in [-0.2, 0) is 9.59 Å². The molecule has 10 nitrogen and oxygen atoms in total. The molecule has 10 heteroatoms. The van der Waals surface area contributed by atoms with Gasteiger partial charge in [-0.25, -0.2) is 4.79 Å². The van der Waals surface area contributed by atoms with E-state index in [-0.39, 0.29) is 23.0 Å². The van der Waals surface area contributed by atoms with Gasteiger partial charge in [-0.1, -0.05) is 24.3 Å². The zero-order chi connectivity index (χ0) is 33.8. The van der Waals surface area contributed by atoms with E-state index < -0.39 is 5.97 Å². The largest absolute Gasteiger partial charge is 0.508 e. The highest BCUT2D eigenvalue weighted by atomic mass is 16.5. The minimum Gasteiger partial charge on any atom is -0.508 e. The number of phenolic OH excluding ortho intramolecular Hbond substituents is 2. The van der Waals surface area contributed by atoms with E-state index in [4.69, 9.17) is 18.9 Å². The van der Waals surface area contributed by atoms with Crippen LogP contribution < -0.4 is 18.9 Å². The van der Waals surface area contributed by atoms with Crippen LogP contribution in [0.4, 0.5) is 0 Å². The molecule has 1 amide bonds. The van der Waals surface area contributed by atoms with Crippen LogP contribution in [0.1, 0.15) is 22.3 Å². The maximum absolute atomic E-state index is 12.6. The number of phenols is 2. The molecule has 4 aromatic carbocycles. The first-order chi connectivity index (χ1) is 22.0. The van der Waals surface area contributed by atoms with Crippen molar-refractivity contribution < 1.29 is 43.9 Å². The van der Waals surface area contributed by atoms with Crippen LogP contribution in [0.25, 0.3) is 23.3 Å². The van der Waals surface area contributed by atoms with E-state index in [1.54, 1.807) is 95.1 Å². The number of ether oxygens (including phenoxy) is 4. The van der Waals surface area contributed by atoms with Crippen molar-refractivity contribution in [2.24, 2.45) is 0 Å². The molecule has 240 valence electrons. The molecule has 0 fully saturated rings. The summed E-state index contributed by atoms with van der Waals surface area (Å²) in [5.74, 6) is 1.46. The van der Waals surface area contributed by atoms with Crippen LogP contribution >= 0.6 is 0 Å². The van der Waals surface area contributed by atoms with Gasteiger partial charge in [0.25, 0.3) is 5.91 Å². The maximum Gasteiger partial charge on any atom is 0.336 e. The third kappa shape index (κ3) is 9.55. The Morgan fingerprint density at radius 1 is 0.565 bits per heavy atom. The second-order valence-electron chi connectivity index (χ2n) is 10.0. The van der Waals surface area contributed by atoms with Gasteiger partial charge < -0.3 is 39.2 Å². The van der Waals surface area contributed by atoms with Crippen LogP contribution in [-0.4, -0.2) is 74.6 Å². The Hall–Kier alpha value is -5.90. The summed E-state index contributed by atoms with van der Waals surface area (Å²) in [5, 5.41) is 28.2. The Balaban J connectivity index is 0.000000251. The average molecular weight is 628 g/mol. The minimum absolute atomic E-state index is 0.0801. The number of likely N-dealkylation sites (N-methyl/N-ethyl adjacent to an activating group) is 1. The lowest BCUT2D eigenvalue weighted by atomic mass is 10.0. The highest BCUT2D eigenvalue weighted by Gasteiger charge is 2.15. The summed E-state index contributed by atoms with van der Waals surface area (Å²) in [5.41, 5.74) is 3.25. The molecule has 0 saturated heterocycles. The molecule has 0 bridgehead atoms. The lowest BCUT2D eigenvalue weighted by Gasteiger charge is -2.15. The fraction of sp³-hybridized carbons (Fsp3) is 0.167. The highest BCUT2D eigenvalue weighted by molar-refractivity contribution is 6.24. The van der Waals surface area contributed by atoms with Crippen LogP contribution in [0.3, 0.4) is 0 Å². The van der Waals surface area contributed by atoms with E-state index in [1.165, 1.54) is 37.3 Å². The highest BCUT2D eigenvalue weighted by Crippen LogP contribution is 2.29. The number of aromatic hydroxyl groups is 2. The first-order valence-electron chi connectivity index (χ1n) is 13.9. The number of hydrogen-bond donors (Lipinski definition) is 3. The topological polar surface area (TPSA) is 135 Å². The third-order valence-corrected chi connectivity index (χ3v) is 6.59. The molecule has 0 saturated carbocycles. The number of methoxy groups -OCH3 is 4. The van der Waals surface area contributed by atoms with E-state index in [0.717, 1.165) is 5.56 Å². The summed E-state index contributed by atoms with van der Waals surface area (Å²) in [6.45, 7) is 0. The van der Waals surface area contributed by atoms with Gasteiger partial charge in [-0.05, 0) is 82.9 Å². The molecule has 0 radical (unpaired) electrons. The number of benzene rings is 4. The van der Waals surface area contributed by atoms with Gasteiger partial charge in [0.1, 0.15) is 34.5 Å². The van der Waals surface area contributed by atoms with E-state index >= 15 is 0 Å². The maximum atomic E-state index is 12.6. The van der Waals surface area contributed by atoms with Crippen molar-refractivity contribution in [2.75, 3.05) is 42.5 Å². The molecule has 0 spiro atoms. The van der Waals surface area contributed by atoms with Gasteiger partial charge in [0.2, 0.25) is 0 Å². The molecule has 0 heterocycles. The summed E-state index contributed by atoms with van der Waals surface area (Å²) in [4.78, 5) is 25.6. The number of amides is 1. The molecule has 0 atom stereocenters. The Bertz CT molecular complexity index is 1660. The number of hydrogen-bond acceptors (Lipinski definition) is 8. The first kappa shape index (κ1) is 34.6. The zero-order valence-corrected chi connectivity index (χ0v) is 26.5. The van der Waals surface area contributed by atoms with E-state index in [1.807, 2.05) is 12.1 Å². The number of nitrogens with zero attached hydrogens (tertiary/aromatic N) is 1. The molecule has 4 aromatic rings. The van der Waals surface area contributed by atoms with Gasteiger partial charge >= 0.3 is 5.97 Å². The lowest BCUT2D eigenvalue weighted by Crippen LogP contribution is -2.22. The average Bonchev–Trinajstić information content (AvgIpc) is 3.06. The smallest absolute Gasteiger partial charge is 0.336 e.